The van der Waals surface area contributed by atoms with Gasteiger partial charge in [-0.05, 0) is 31.5 Å². The van der Waals surface area contributed by atoms with Crippen LogP contribution < -0.4 is 4.74 Å². The molecule has 7 nitrogen and oxygen atoms in total. The molecule has 2 heterocycles. The van der Waals surface area contributed by atoms with Crippen LogP contribution in [0, 0.1) is 0 Å². The van der Waals surface area contributed by atoms with E-state index in [1.54, 1.807) is 30.2 Å². The van der Waals surface area contributed by atoms with Crippen molar-refractivity contribution in [1.29, 1.82) is 0 Å². The maximum atomic E-state index is 12.7. The number of aliphatic hydroxyl groups excluding tert-OH is 1. The fourth-order valence-electron chi connectivity index (χ4n) is 2.96. The number of H-pyrrole nitrogens is 1. The third kappa shape index (κ3) is 3.02. The van der Waals surface area contributed by atoms with Crippen molar-refractivity contribution in [2.75, 3.05) is 26.9 Å². The number of carbonyl (C=O) groups is 1. The number of hydrogen-bond acceptors (Lipinski definition) is 5. The van der Waals surface area contributed by atoms with Gasteiger partial charge in [-0.25, -0.2) is 0 Å². The summed E-state index contributed by atoms with van der Waals surface area (Å²) in [6, 6.07) is 5.54. The summed E-state index contributed by atoms with van der Waals surface area (Å²) in [5, 5.41) is 9.50. The fourth-order valence-corrected chi connectivity index (χ4v) is 2.96. The Hall–Kier alpha value is -2.12. The van der Waals surface area contributed by atoms with Crippen molar-refractivity contribution in [2.24, 2.45) is 0 Å². The number of ether oxygens (including phenoxy) is 2. The van der Waals surface area contributed by atoms with E-state index in [2.05, 4.69) is 9.97 Å². The summed E-state index contributed by atoms with van der Waals surface area (Å²) in [7, 11) is 1.62. The standard InChI is InChI=1S/C16H21N3O4/c1-3-23-16-17-13-5-4-10(6-14(13)18-16)15(21)19-8-12(22-2)7-11(19)9-20/h4-6,11-12,20H,3,7-9H2,1-2H3,(H,17,18)/t11-,12-/m0/s1. The lowest BCUT2D eigenvalue weighted by Gasteiger charge is -2.22. The van der Waals surface area contributed by atoms with E-state index in [0.29, 0.717) is 31.1 Å². The van der Waals surface area contributed by atoms with Gasteiger partial charge in [-0.3, -0.25) is 4.79 Å². The summed E-state index contributed by atoms with van der Waals surface area (Å²) in [6.07, 6.45) is 0.621. The Labute approximate surface area is 134 Å². The minimum atomic E-state index is -0.205. The highest BCUT2D eigenvalue weighted by molar-refractivity contribution is 5.97. The molecule has 3 rings (SSSR count). The van der Waals surface area contributed by atoms with Crippen LogP contribution in [0.4, 0.5) is 0 Å². The molecule has 1 aromatic carbocycles. The monoisotopic (exact) mass is 319 g/mol. The van der Waals surface area contributed by atoms with Gasteiger partial charge in [-0.1, -0.05) is 0 Å². The van der Waals surface area contributed by atoms with Crippen LogP contribution in [-0.4, -0.2) is 64.9 Å². The third-order valence-corrected chi connectivity index (χ3v) is 4.17. The Morgan fingerprint density at radius 3 is 3.04 bits per heavy atom. The number of aliphatic hydroxyl groups is 1. The van der Waals surface area contributed by atoms with Gasteiger partial charge in [-0.2, -0.15) is 4.98 Å². The molecule has 0 spiro atoms. The zero-order valence-corrected chi connectivity index (χ0v) is 13.3. The van der Waals surface area contributed by atoms with E-state index in [1.165, 1.54) is 0 Å². The maximum Gasteiger partial charge on any atom is 0.294 e. The van der Waals surface area contributed by atoms with Crippen molar-refractivity contribution in [3.05, 3.63) is 23.8 Å². The van der Waals surface area contributed by atoms with Crippen molar-refractivity contribution in [3.63, 3.8) is 0 Å². The Kier molecular flexibility index (Phi) is 4.49. The van der Waals surface area contributed by atoms with Gasteiger partial charge < -0.3 is 24.5 Å². The molecular formula is C16H21N3O4. The minimum Gasteiger partial charge on any atom is -0.465 e. The molecule has 0 saturated carbocycles. The van der Waals surface area contributed by atoms with Gasteiger partial charge in [-0.15, -0.1) is 0 Å². The number of hydrogen-bond donors (Lipinski definition) is 2. The summed E-state index contributed by atoms with van der Waals surface area (Å²) in [5.41, 5.74) is 2.06. The quantitative estimate of drug-likeness (QED) is 0.864. The molecule has 1 saturated heterocycles. The molecule has 0 aliphatic carbocycles. The normalized spacial score (nSPS) is 21.1. The van der Waals surface area contributed by atoms with Gasteiger partial charge in [0.15, 0.2) is 0 Å². The molecule has 0 radical (unpaired) electrons. The van der Waals surface area contributed by atoms with Crippen LogP contribution in [0.15, 0.2) is 18.2 Å². The average molecular weight is 319 g/mol. The smallest absolute Gasteiger partial charge is 0.294 e. The largest absolute Gasteiger partial charge is 0.465 e. The molecule has 1 fully saturated rings. The lowest BCUT2D eigenvalue weighted by atomic mass is 10.1. The summed E-state index contributed by atoms with van der Waals surface area (Å²) in [4.78, 5) is 21.8. The Balaban J connectivity index is 1.85. The van der Waals surface area contributed by atoms with E-state index in [0.717, 1.165) is 11.0 Å². The average Bonchev–Trinajstić information content (AvgIpc) is 3.16. The number of benzene rings is 1. The van der Waals surface area contributed by atoms with E-state index in [4.69, 9.17) is 9.47 Å². The predicted octanol–water partition coefficient (Wildman–Crippen LogP) is 1.18. The van der Waals surface area contributed by atoms with E-state index < -0.39 is 0 Å². The number of rotatable bonds is 5. The zero-order chi connectivity index (χ0) is 16.4. The number of aromatic amines is 1. The molecule has 2 aromatic rings. The predicted molar refractivity (Wildman–Crippen MR) is 84.6 cm³/mol. The van der Waals surface area contributed by atoms with Crippen LogP contribution in [0.3, 0.4) is 0 Å². The fraction of sp³-hybridized carbons (Fsp3) is 0.500. The van der Waals surface area contributed by atoms with Crippen molar-refractivity contribution in [2.45, 2.75) is 25.5 Å². The second-order valence-electron chi connectivity index (χ2n) is 5.59. The molecule has 7 heteroatoms. The highest BCUT2D eigenvalue weighted by Crippen LogP contribution is 2.24. The van der Waals surface area contributed by atoms with E-state index in [-0.39, 0.29) is 24.7 Å². The first kappa shape index (κ1) is 15.8. The first-order valence-corrected chi connectivity index (χ1v) is 7.73. The van der Waals surface area contributed by atoms with Crippen LogP contribution >= 0.6 is 0 Å². The van der Waals surface area contributed by atoms with Crippen molar-refractivity contribution < 1.29 is 19.4 Å². The first-order chi connectivity index (χ1) is 11.2. The van der Waals surface area contributed by atoms with Crippen molar-refractivity contribution in [1.82, 2.24) is 14.9 Å². The molecule has 2 atom stereocenters. The number of aromatic nitrogens is 2. The topological polar surface area (TPSA) is 87.7 Å². The number of fused-ring (bicyclic) bond motifs is 1. The Morgan fingerprint density at radius 1 is 1.52 bits per heavy atom. The molecule has 1 aliphatic rings. The molecule has 124 valence electrons. The molecule has 0 unspecified atom stereocenters. The number of likely N-dealkylation sites (tertiary alicyclic amines) is 1. The SMILES string of the molecule is CCOc1nc2ccc(C(=O)N3C[C@@H](OC)C[C@H]3CO)cc2[nH]1. The number of amides is 1. The van der Waals surface area contributed by atoms with Crippen LogP contribution in [0.2, 0.25) is 0 Å². The molecule has 2 N–H and O–H groups in total. The lowest BCUT2D eigenvalue weighted by molar-refractivity contribution is 0.0648. The number of nitrogens with one attached hydrogen (secondary N) is 1. The number of methoxy groups -OCH3 is 1. The zero-order valence-electron chi connectivity index (χ0n) is 13.3. The summed E-state index contributed by atoms with van der Waals surface area (Å²) >= 11 is 0. The summed E-state index contributed by atoms with van der Waals surface area (Å²) < 4.78 is 10.7. The Bertz CT molecular complexity index is 700. The lowest BCUT2D eigenvalue weighted by Crippen LogP contribution is -2.38. The molecule has 1 aromatic heterocycles. The summed E-state index contributed by atoms with van der Waals surface area (Å²) in [5.74, 6) is -0.113. The van der Waals surface area contributed by atoms with Gasteiger partial charge in [0.25, 0.3) is 11.9 Å². The molecule has 23 heavy (non-hydrogen) atoms. The molecule has 1 aliphatic heterocycles. The number of carbonyl (C=O) groups excluding carboxylic acids is 1. The van der Waals surface area contributed by atoms with Crippen LogP contribution in [-0.2, 0) is 4.74 Å². The van der Waals surface area contributed by atoms with Gasteiger partial charge in [0.05, 0.1) is 36.4 Å². The van der Waals surface area contributed by atoms with E-state index in [1.807, 2.05) is 6.92 Å². The minimum absolute atomic E-state index is 0.0310. The van der Waals surface area contributed by atoms with Crippen LogP contribution in [0.1, 0.15) is 23.7 Å². The second-order valence-corrected chi connectivity index (χ2v) is 5.59. The highest BCUT2D eigenvalue weighted by atomic mass is 16.5. The van der Waals surface area contributed by atoms with Gasteiger partial charge >= 0.3 is 0 Å². The summed E-state index contributed by atoms with van der Waals surface area (Å²) in [6.45, 7) is 2.84. The molecular weight excluding hydrogens is 298 g/mol. The maximum absolute atomic E-state index is 12.7. The number of nitrogens with zero attached hydrogens (tertiary/aromatic N) is 2. The van der Waals surface area contributed by atoms with Gasteiger partial charge in [0.2, 0.25) is 0 Å². The van der Waals surface area contributed by atoms with Crippen LogP contribution in [0.5, 0.6) is 6.01 Å². The molecule has 0 bridgehead atoms. The van der Waals surface area contributed by atoms with Crippen LogP contribution in [0.25, 0.3) is 11.0 Å². The molecule has 1 amide bonds. The van der Waals surface area contributed by atoms with E-state index >= 15 is 0 Å². The van der Waals surface area contributed by atoms with Gasteiger partial charge in [0, 0.05) is 19.2 Å². The second kappa shape index (κ2) is 6.55. The number of imidazole rings is 1. The third-order valence-electron chi connectivity index (χ3n) is 4.17. The highest BCUT2D eigenvalue weighted by Gasteiger charge is 2.35. The Morgan fingerprint density at radius 2 is 2.35 bits per heavy atom. The van der Waals surface area contributed by atoms with Crippen molar-refractivity contribution >= 4 is 16.9 Å². The van der Waals surface area contributed by atoms with Gasteiger partial charge in [0.1, 0.15) is 0 Å². The van der Waals surface area contributed by atoms with E-state index in [9.17, 15) is 9.90 Å². The first-order valence-electron chi connectivity index (χ1n) is 7.73. The van der Waals surface area contributed by atoms with Crippen molar-refractivity contribution in [3.8, 4) is 6.01 Å².